The van der Waals surface area contributed by atoms with Gasteiger partial charge in [0.25, 0.3) is 5.91 Å². The molecule has 1 amide bonds. The lowest BCUT2D eigenvalue weighted by Crippen LogP contribution is -2.17. The Morgan fingerprint density at radius 2 is 1.95 bits per heavy atom. The van der Waals surface area contributed by atoms with Crippen LogP contribution in [0.25, 0.3) is 0 Å². The topological polar surface area (TPSA) is 55.1 Å². The number of nitrogens with zero attached hydrogens (tertiary/aromatic N) is 1. The van der Waals surface area contributed by atoms with Crippen LogP contribution in [-0.2, 0) is 5.41 Å². The molecule has 1 N–H and O–H groups in total. The molecule has 0 aliphatic heterocycles. The maximum atomic E-state index is 12.1. The van der Waals surface area contributed by atoms with Gasteiger partial charge in [-0.05, 0) is 36.5 Å². The summed E-state index contributed by atoms with van der Waals surface area (Å²) < 4.78 is 4.90. The lowest BCUT2D eigenvalue weighted by molar-refractivity contribution is 0.102. The van der Waals surface area contributed by atoms with Crippen molar-refractivity contribution < 1.29 is 9.32 Å². The van der Waals surface area contributed by atoms with Crippen LogP contribution in [0, 0.1) is 6.92 Å². The van der Waals surface area contributed by atoms with Crippen molar-refractivity contribution >= 4 is 11.6 Å². The van der Waals surface area contributed by atoms with Gasteiger partial charge in [-0.25, -0.2) is 0 Å². The zero-order chi connectivity index (χ0) is 15.5. The number of hydrogen-bond acceptors (Lipinski definition) is 3. The van der Waals surface area contributed by atoms with E-state index in [-0.39, 0.29) is 11.3 Å². The average Bonchev–Trinajstić information content (AvgIpc) is 2.85. The third kappa shape index (κ3) is 3.51. The van der Waals surface area contributed by atoms with E-state index in [9.17, 15) is 4.79 Å². The molecule has 0 bridgehead atoms. The number of nitrogens with one attached hydrogen (secondary N) is 1. The van der Waals surface area contributed by atoms with Crippen molar-refractivity contribution in [1.82, 2.24) is 5.16 Å². The molecule has 0 aliphatic rings. The van der Waals surface area contributed by atoms with Crippen LogP contribution < -0.4 is 5.32 Å². The van der Waals surface area contributed by atoms with Crippen molar-refractivity contribution in [2.75, 3.05) is 5.32 Å². The van der Waals surface area contributed by atoms with Crippen LogP contribution in [-0.4, -0.2) is 11.1 Å². The Morgan fingerprint density at radius 1 is 1.29 bits per heavy atom. The van der Waals surface area contributed by atoms with Crippen molar-refractivity contribution in [3.63, 3.8) is 0 Å². The van der Waals surface area contributed by atoms with Gasteiger partial charge in [0.2, 0.25) is 0 Å². The Kier molecular flexibility index (Phi) is 4.46. The minimum Gasteiger partial charge on any atom is -0.361 e. The molecule has 1 aromatic carbocycles. The van der Waals surface area contributed by atoms with E-state index in [1.165, 1.54) is 11.8 Å². The number of anilines is 1. The van der Waals surface area contributed by atoms with Crippen LogP contribution in [0.15, 0.2) is 35.0 Å². The normalized spacial score (nSPS) is 11.4. The first-order valence-electron chi connectivity index (χ1n) is 7.27. The van der Waals surface area contributed by atoms with Gasteiger partial charge in [-0.3, -0.25) is 4.79 Å². The fraction of sp³-hybridized carbons (Fsp3) is 0.412. The van der Waals surface area contributed by atoms with Gasteiger partial charge in [-0.15, -0.1) is 0 Å². The van der Waals surface area contributed by atoms with Crippen LogP contribution in [0.3, 0.4) is 0 Å². The van der Waals surface area contributed by atoms with Crippen LogP contribution in [0.2, 0.25) is 0 Å². The van der Waals surface area contributed by atoms with Gasteiger partial charge >= 0.3 is 0 Å². The van der Waals surface area contributed by atoms with Gasteiger partial charge in [0.1, 0.15) is 11.3 Å². The minimum absolute atomic E-state index is 0.155. The first-order chi connectivity index (χ1) is 9.94. The first-order valence-corrected chi connectivity index (χ1v) is 7.27. The predicted octanol–water partition coefficient (Wildman–Crippen LogP) is 4.31. The summed E-state index contributed by atoms with van der Waals surface area (Å²) >= 11 is 0. The van der Waals surface area contributed by atoms with E-state index in [0.717, 1.165) is 18.5 Å². The lowest BCUT2D eigenvalue weighted by Gasteiger charge is -2.24. The first kappa shape index (κ1) is 15.3. The van der Waals surface area contributed by atoms with Crippen molar-refractivity contribution in [2.45, 2.75) is 46.0 Å². The zero-order valence-corrected chi connectivity index (χ0v) is 13.1. The highest BCUT2D eigenvalue weighted by atomic mass is 16.5. The number of hydrogen-bond donors (Lipinski definition) is 1. The summed E-state index contributed by atoms with van der Waals surface area (Å²) in [5, 5.41) is 6.47. The Morgan fingerprint density at radius 3 is 2.48 bits per heavy atom. The molecule has 2 rings (SSSR count). The molecule has 1 heterocycles. The molecule has 112 valence electrons. The minimum atomic E-state index is -0.200. The number of aromatic nitrogens is 1. The maximum absolute atomic E-state index is 12.1. The highest BCUT2D eigenvalue weighted by Crippen LogP contribution is 2.29. The summed E-state index contributed by atoms with van der Waals surface area (Å²) in [5.74, 6) is 0.322. The van der Waals surface area contributed by atoms with E-state index in [0.29, 0.717) is 11.3 Å². The van der Waals surface area contributed by atoms with E-state index in [1.807, 2.05) is 12.1 Å². The molecule has 1 aromatic heterocycles. The summed E-state index contributed by atoms with van der Waals surface area (Å²) in [6.45, 7) is 8.39. The Labute approximate surface area is 125 Å². The van der Waals surface area contributed by atoms with Crippen LogP contribution in [0.1, 0.15) is 55.3 Å². The Bertz CT molecular complexity index is 612. The molecule has 0 unspecified atom stereocenters. The van der Waals surface area contributed by atoms with Gasteiger partial charge in [-0.1, -0.05) is 44.5 Å². The molecule has 4 heteroatoms. The second kappa shape index (κ2) is 6.12. The molecule has 4 nitrogen and oxygen atoms in total. The van der Waals surface area contributed by atoms with Gasteiger partial charge in [0, 0.05) is 5.69 Å². The molecule has 0 radical (unpaired) electrons. The summed E-state index contributed by atoms with van der Waals surface area (Å²) in [6.07, 6.45) is 3.72. The fourth-order valence-electron chi connectivity index (χ4n) is 2.49. The van der Waals surface area contributed by atoms with Gasteiger partial charge in [0.15, 0.2) is 0 Å². The molecule has 21 heavy (non-hydrogen) atoms. The van der Waals surface area contributed by atoms with Crippen molar-refractivity contribution in [3.8, 4) is 0 Å². The third-order valence-electron chi connectivity index (χ3n) is 3.79. The fourth-order valence-corrected chi connectivity index (χ4v) is 2.49. The molecule has 2 aromatic rings. The second-order valence-corrected chi connectivity index (χ2v) is 5.96. The van der Waals surface area contributed by atoms with E-state index in [2.05, 4.69) is 43.4 Å². The SMILES string of the molecule is CCCC(C)(C)c1ccc(NC(=O)c2cnoc2C)cc1. The summed E-state index contributed by atoms with van der Waals surface area (Å²) in [5.41, 5.74) is 2.67. The van der Waals surface area contributed by atoms with Crippen LogP contribution >= 0.6 is 0 Å². The van der Waals surface area contributed by atoms with E-state index >= 15 is 0 Å². The zero-order valence-electron chi connectivity index (χ0n) is 13.1. The summed E-state index contributed by atoms with van der Waals surface area (Å²) in [6, 6.07) is 8.03. The number of carbonyl (C=O) groups is 1. The molecule has 0 saturated heterocycles. The van der Waals surface area contributed by atoms with Crippen molar-refractivity contribution in [2.24, 2.45) is 0 Å². The number of aryl methyl sites for hydroxylation is 1. The standard InChI is InChI=1S/C17H22N2O2/c1-5-10-17(3,4)13-6-8-14(9-7-13)19-16(20)15-11-18-21-12(15)2/h6-9,11H,5,10H2,1-4H3,(H,19,20). The third-order valence-corrected chi connectivity index (χ3v) is 3.79. The smallest absolute Gasteiger partial charge is 0.260 e. The Balaban J connectivity index is 2.10. The molecule has 0 saturated carbocycles. The molecular weight excluding hydrogens is 264 g/mol. The molecule has 0 aliphatic carbocycles. The molecule has 0 atom stereocenters. The molecule has 0 spiro atoms. The molecule has 0 fully saturated rings. The predicted molar refractivity (Wildman–Crippen MR) is 83.6 cm³/mol. The van der Waals surface area contributed by atoms with Crippen LogP contribution in [0.5, 0.6) is 0 Å². The van der Waals surface area contributed by atoms with Crippen molar-refractivity contribution in [1.29, 1.82) is 0 Å². The largest absolute Gasteiger partial charge is 0.361 e. The summed E-state index contributed by atoms with van der Waals surface area (Å²) in [4.78, 5) is 12.1. The lowest BCUT2D eigenvalue weighted by atomic mass is 9.81. The monoisotopic (exact) mass is 286 g/mol. The molecular formula is C17H22N2O2. The van der Waals surface area contributed by atoms with Gasteiger partial charge in [0.05, 0.1) is 6.20 Å². The van der Waals surface area contributed by atoms with Gasteiger partial charge < -0.3 is 9.84 Å². The number of benzene rings is 1. The number of amides is 1. The maximum Gasteiger partial charge on any atom is 0.260 e. The summed E-state index contributed by atoms with van der Waals surface area (Å²) in [7, 11) is 0. The average molecular weight is 286 g/mol. The highest BCUT2D eigenvalue weighted by Gasteiger charge is 2.19. The second-order valence-electron chi connectivity index (χ2n) is 5.96. The van der Waals surface area contributed by atoms with E-state index in [4.69, 9.17) is 4.52 Å². The highest BCUT2D eigenvalue weighted by molar-refractivity contribution is 6.04. The number of rotatable bonds is 5. The van der Waals surface area contributed by atoms with Crippen LogP contribution in [0.4, 0.5) is 5.69 Å². The van der Waals surface area contributed by atoms with Gasteiger partial charge in [-0.2, -0.15) is 0 Å². The Hall–Kier alpha value is -2.10. The quantitative estimate of drug-likeness (QED) is 0.891. The number of carbonyl (C=O) groups excluding carboxylic acids is 1. The van der Waals surface area contributed by atoms with E-state index in [1.54, 1.807) is 6.92 Å². The van der Waals surface area contributed by atoms with E-state index < -0.39 is 0 Å². The van der Waals surface area contributed by atoms with Crippen molar-refractivity contribution in [3.05, 3.63) is 47.3 Å².